The average molecular weight is 198 g/mol. The van der Waals surface area contributed by atoms with Crippen LogP contribution in [0.15, 0.2) is 30.3 Å². The third-order valence-corrected chi connectivity index (χ3v) is 1.86. The Kier molecular flexibility index (Phi) is 2.64. The van der Waals surface area contributed by atoms with Gasteiger partial charge in [-0.15, -0.1) is 0 Å². The molecule has 0 aliphatic carbocycles. The van der Waals surface area contributed by atoms with Crippen molar-refractivity contribution in [2.24, 2.45) is 0 Å². The highest BCUT2D eigenvalue weighted by Crippen LogP contribution is 2.27. The maximum Gasteiger partial charge on any atom is 0.293 e. The molecule has 2 nitrogen and oxygen atoms in total. The van der Waals surface area contributed by atoms with Crippen molar-refractivity contribution in [2.75, 3.05) is 0 Å². The normalized spacial score (nSPS) is 14.2. The summed E-state index contributed by atoms with van der Waals surface area (Å²) < 4.78 is 13.5. The van der Waals surface area contributed by atoms with Crippen LogP contribution in [0.2, 0.25) is 0 Å². The molecule has 66 valence electrons. The van der Waals surface area contributed by atoms with E-state index < -0.39 is 10.9 Å². The maximum atomic E-state index is 13.5. The fourth-order valence-corrected chi connectivity index (χ4v) is 1.04. The Bertz CT molecular complexity index is 360. The van der Waals surface area contributed by atoms with Crippen LogP contribution in [0.5, 0.6) is 0 Å². The molecule has 0 saturated carbocycles. The molecular formula is C9H5ClFNO. The second-order valence-electron chi connectivity index (χ2n) is 2.41. The lowest BCUT2D eigenvalue weighted by Crippen LogP contribution is -2.24. The Balaban J connectivity index is 3.21. The minimum absolute atomic E-state index is 0.0440. The SMILES string of the molecule is N#C[C@](F)(C(=O)Cl)c1ccccc1. The molecule has 0 aliphatic rings. The van der Waals surface area contributed by atoms with Gasteiger partial charge in [-0.25, -0.2) is 4.39 Å². The van der Waals surface area contributed by atoms with E-state index in [1.807, 2.05) is 0 Å². The van der Waals surface area contributed by atoms with Gasteiger partial charge in [0, 0.05) is 5.56 Å². The molecule has 13 heavy (non-hydrogen) atoms. The first-order valence-electron chi connectivity index (χ1n) is 3.47. The Hall–Kier alpha value is -1.40. The number of carbonyl (C=O) groups is 1. The largest absolute Gasteiger partial charge is 0.293 e. The molecule has 1 atom stereocenters. The van der Waals surface area contributed by atoms with Crippen molar-refractivity contribution in [3.8, 4) is 6.07 Å². The van der Waals surface area contributed by atoms with Crippen molar-refractivity contribution >= 4 is 16.8 Å². The molecule has 4 heteroatoms. The molecule has 0 saturated heterocycles. The number of nitrogens with zero attached hydrogens (tertiary/aromatic N) is 1. The van der Waals surface area contributed by atoms with Crippen molar-refractivity contribution in [3.63, 3.8) is 0 Å². The summed E-state index contributed by atoms with van der Waals surface area (Å²) in [5, 5.41) is 7.16. The van der Waals surface area contributed by atoms with Crippen molar-refractivity contribution in [1.82, 2.24) is 0 Å². The monoisotopic (exact) mass is 197 g/mol. The molecule has 0 spiro atoms. The van der Waals surface area contributed by atoms with E-state index in [0.717, 1.165) is 0 Å². The molecule has 0 aliphatic heterocycles. The number of alkyl halides is 1. The summed E-state index contributed by atoms with van der Waals surface area (Å²) in [7, 11) is 0. The highest BCUT2D eigenvalue weighted by atomic mass is 35.5. The quantitative estimate of drug-likeness (QED) is 0.682. The van der Waals surface area contributed by atoms with E-state index in [1.165, 1.54) is 30.3 Å². The van der Waals surface area contributed by atoms with Gasteiger partial charge in [0.25, 0.3) is 10.9 Å². The van der Waals surface area contributed by atoms with E-state index in [4.69, 9.17) is 16.9 Å². The Morgan fingerprint density at radius 1 is 1.46 bits per heavy atom. The number of halogens is 2. The highest BCUT2D eigenvalue weighted by molar-refractivity contribution is 6.65. The van der Waals surface area contributed by atoms with Gasteiger partial charge in [0.05, 0.1) is 0 Å². The van der Waals surface area contributed by atoms with Crippen LogP contribution >= 0.6 is 11.6 Å². The van der Waals surface area contributed by atoms with Gasteiger partial charge in [0.1, 0.15) is 6.07 Å². The van der Waals surface area contributed by atoms with Gasteiger partial charge in [-0.3, -0.25) is 4.79 Å². The molecule has 0 radical (unpaired) electrons. The number of hydrogen-bond donors (Lipinski definition) is 0. The highest BCUT2D eigenvalue weighted by Gasteiger charge is 2.39. The molecular weight excluding hydrogens is 193 g/mol. The van der Waals surface area contributed by atoms with Crippen molar-refractivity contribution in [2.45, 2.75) is 5.67 Å². The van der Waals surface area contributed by atoms with Crippen molar-refractivity contribution in [3.05, 3.63) is 35.9 Å². The zero-order valence-corrected chi connectivity index (χ0v) is 7.25. The van der Waals surface area contributed by atoms with Gasteiger partial charge in [0.15, 0.2) is 0 Å². The van der Waals surface area contributed by atoms with Gasteiger partial charge >= 0.3 is 0 Å². The first-order valence-corrected chi connectivity index (χ1v) is 3.84. The van der Waals surface area contributed by atoms with Crippen molar-refractivity contribution < 1.29 is 9.18 Å². The second-order valence-corrected chi connectivity index (χ2v) is 2.75. The number of carbonyl (C=O) groups excluding carboxylic acids is 1. The van der Waals surface area contributed by atoms with E-state index >= 15 is 0 Å². The molecule has 0 bridgehead atoms. The second kappa shape index (κ2) is 3.55. The van der Waals surface area contributed by atoms with Gasteiger partial charge < -0.3 is 0 Å². The van der Waals surface area contributed by atoms with Gasteiger partial charge in [-0.2, -0.15) is 5.26 Å². The van der Waals surface area contributed by atoms with Crippen LogP contribution in [0.1, 0.15) is 5.56 Å². The first kappa shape index (κ1) is 9.69. The third-order valence-electron chi connectivity index (χ3n) is 1.60. The lowest BCUT2D eigenvalue weighted by Gasteiger charge is -2.11. The van der Waals surface area contributed by atoms with Gasteiger partial charge in [-0.1, -0.05) is 30.3 Å². The standard InChI is InChI=1S/C9H5ClFNO/c10-8(13)9(11,6-12)7-4-2-1-3-5-7/h1-5H/t9-/m1/s1. The van der Waals surface area contributed by atoms with Crippen LogP contribution < -0.4 is 0 Å². The van der Waals surface area contributed by atoms with Gasteiger partial charge in [-0.05, 0) is 11.6 Å². The average Bonchev–Trinajstić information content (AvgIpc) is 2.17. The molecule has 0 aromatic heterocycles. The Labute approximate surface area is 79.5 Å². The van der Waals surface area contributed by atoms with Crippen molar-refractivity contribution in [1.29, 1.82) is 5.26 Å². The smallest absolute Gasteiger partial charge is 0.276 e. The Morgan fingerprint density at radius 3 is 2.38 bits per heavy atom. The van der Waals surface area contributed by atoms with E-state index in [9.17, 15) is 9.18 Å². The maximum absolute atomic E-state index is 13.5. The summed E-state index contributed by atoms with van der Waals surface area (Å²) in [4.78, 5) is 10.7. The molecule has 0 amide bonds. The molecule has 1 aromatic rings. The zero-order valence-electron chi connectivity index (χ0n) is 6.50. The summed E-state index contributed by atoms with van der Waals surface area (Å²) in [6.07, 6.45) is 0. The Morgan fingerprint density at radius 2 is 2.00 bits per heavy atom. The number of benzene rings is 1. The zero-order chi connectivity index (χ0) is 9.90. The molecule has 1 rings (SSSR count). The summed E-state index contributed by atoms with van der Waals surface area (Å²) in [5.74, 6) is 0. The molecule has 0 unspecified atom stereocenters. The predicted molar refractivity (Wildman–Crippen MR) is 45.7 cm³/mol. The van der Waals surface area contributed by atoms with Crippen LogP contribution in [-0.2, 0) is 10.5 Å². The minimum atomic E-state index is -2.73. The van der Waals surface area contributed by atoms with Crippen LogP contribution in [0.3, 0.4) is 0 Å². The number of hydrogen-bond acceptors (Lipinski definition) is 2. The van der Waals surface area contributed by atoms with Crippen LogP contribution in [-0.4, -0.2) is 5.24 Å². The first-order chi connectivity index (χ1) is 6.11. The van der Waals surface area contributed by atoms with E-state index in [-0.39, 0.29) is 5.56 Å². The lowest BCUT2D eigenvalue weighted by atomic mass is 9.99. The fraction of sp³-hybridized carbons (Fsp3) is 0.111. The molecule has 0 heterocycles. The summed E-state index contributed by atoms with van der Waals surface area (Å²) in [6.45, 7) is 0. The van der Waals surface area contributed by atoms with E-state index in [1.54, 1.807) is 6.07 Å². The summed E-state index contributed by atoms with van der Waals surface area (Å²) in [6, 6.07) is 8.63. The van der Waals surface area contributed by atoms with Crippen LogP contribution in [0, 0.1) is 11.3 Å². The summed E-state index contributed by atoms with van der Waals surface area (Å²) >= 11 is 4.98. The van der Waals surface area contributed by atoms with Gasteiger partial charge in [0.2, 0.25) is 0 Å². The van der Waals surface area contributed by atoms with E-state index in [0.29, 0.717) is 0 Å². The predicted octanol–water partition coefficient (Wildman–Crippen LogP) is 2.14. The minimum Gasteiger partial charge on any atom is -0.276 e. The molecule has 1 aromatic carbocycles. The van der Waals surface area contributed by atoms with Crippen LogP contribution in [0.25, 0.3) is 0 Å². The lowest BCUT2D eigenvalue weighted by molar-refractivity contribution is -0.119. The molecule has 0 fully saturated rings. The number of rotatable bonds is 2. The van der Waals surface area contributed by atoms with E-state index in [2.05, 4.69) is 0 Å². The fourth-order valence-electron chi connectivity index (χ4n) is 0.890. The summed E-state index contributed by atoms with van der Waals surface area (Å²) in [5.41, 5.74) is -2.78. The third kappa shape index (κ3) is 1.68. The van der Waals surface area contributed by atoms with Crippen LogP contribution in [0.4, 0.5) is 4.39 Å². The topological polar surface area (TPSA) is 40.9 Å². The number of nitriles is 1. The molecule has 0 N–H and O–H groups in total.